The standard InChI is InChI=1S/C26H23F3N2O3/c1-15-4-8-20(21(27)12-15)26(10-11-26)24(33)31-17-6-7-18(19(13-17)23(32)34-3)16-5-9-22(30-14-16)25(2,28)29/h4-9,12-14H,10-11H2,1-3H3,(H,31,33). The number of amides is 1. The number of pyridine rings is 1. The zero-order chi connectivity index (χ0) is 24.7. The molecule has 0 spiro atoms. The molecule has 1 heterocycles. The van der Waals surface area contributed by atoms with Gasteiger partial charge < -0.3 is 10.1 Å². The van der Waals surface area contributed by atoms with E-state index in [1.54, 1.807) is 31.2 Å². The first kappa shape index (κ1) is 23.5. The van der Waals surface area contributed by atoms with E-state index in [4.69, 9.17) is 4.74 Å². The number of nitrogens with one attached hydrogen (secondary N) is 1. The van der Waals surface area contributed by atoms with Gasteiger partial charge in [0.05, 0.1) is 18.1 Å². The predicted molar refractivity (Wildman–Crippen MR) is 121 cm³/mol. The van der Waals surface area contributed by atoms with Crippen molar-refractivity contribution in [1.82, 2.24) is 4.98 Å². The maximum atomic E-state index is 14.5. The summed E-state index contributed by atoms with van der Waals surface area (Å²) in [5.41, 5.74) is 1.08. The first-order chi connectivity index (χ1) is 16.0. The molecule has 34 heavy (non-hydrogen) atoms. The van der Waals surface area contributed by atoms with E-state index in [9.17, 15) is 22.8 Å². The van der Waals surface area contributed by atoms with Crippen molar-refractivity contribution >= 4 is 17.6 Å². The molecule has 3 aromatic rings. The Hall–Kier alpha value is -3.68. The van der Waals surface area contributed by atoms with Crippen molar-refractivity contribution in [2.24, 2.45) is 0 Å². The molecule has 4 rings (SSSR count). The second-order valence-corrected chi connectivity index (χ2v) is 8.59. The van der Waals surface area contributed by atoms with Gasteiger partial charge in [-0.05, 0) is 55.2 Å². The minimum Gasteiger partial charge on any atom is -0.465 e. The fourth-order valence-corrected chi connectivity index (χ4v) is 3.97. The van der Waals surface area contributed by atoms with Crippen LogP contribution in [0.5, 0.6) is 0 Å². The molecule has 0 radical (unpaired) electrons. The minimum absolute atomic E-state index is 0.129. The van der Waals surface area contributed by atoms with Crippen LogP contribution in [-0.4, -0.2) is 24.0 Å². The molecular weight excluding hydrogens is 445 g/mol. The van der Waals surface area contributed by atoms with Gasteiger partial charge in [0.1, 0.15) is 11.5 Å². The number of methoxy groups -OCH3 is 1. The number of ether oxygens (including phenoxy) is 1. The molecule has 1 aliphatic carbocycles. The van der Waals surface area contributed by atoms with Gasteiger partial charge in [0.15, 0.2) is 0 Å². The number of alkyl halides is 2. The maximum absolute atomic E-state index is 14.5. The lowest BCUT2D eigenvalue weighted by Crippen LogP contribution is -2.29. The van der Waals surface area contributed by atoms with Crippen LogP contribution < -0.4 is 5.32 Å². The smallest absolute Gasteiger partial charge is 0.338 e. The first-order valence-electron chi connectivity index (χ1n) is 10.7. The predicted octanol–water partition coefficient (Wildman–Crippen LogP) is 5.76. The zero-order valence-electron chi connectivity index (χ0n) is 18.9. The van der Waals surface area contributed by atoms with Crippen LogP contribution in [0.3, 0.4) is 0 Å². The topological polar surface area (TPSA) is 68.3 Å². The Bertz CT molecular complexity index is 1260. The lowest BCUT2D eigenvalue weighted by molar-refractivity contribution is -0.118. The molecule has 0 unspecified atom stereocenters. The Morgan fingerprint density at radius 3 is 2.38 bits per heavy atom. The van der Waals surface area contributed by atoms with Crippen LogP contribution >= 0.6 is 0 Å². The number of benzene rings is 2. The van der Waals surface area contributed by atoms with E-state index in [1.165, 1.54) is 37.6 Å². The van der Waals surface area contributed by atoms with Crippen LogP contribution in [0.4, 0.5) is 18.9 Å². The summed E-state index contributed by atoms with van der Waals surface area (Å²) >= 11 is 0. The van der Waals surface area contributed by atoms with E-state index in [-0.39, 0.29) is 11.5 Å². The number of esters is 1. The van der Waals surface area contributed by atoms with Crippen molar-refractivity contribution in [2.75, 3.05) is 12.4 Å². The number of aromatic nitrogens is 1. The highest BCUT2D eigenvalue weighted by Crippen LogP contribution is 2.50. The number of nitrogens with zero attached hydrogens (tertiary/aromatic N) is 1. The summed E-state index contributed by atoms with van der Waals surface area (Å²) in [5, 5.41) is 2.78. The van der Waals surface area contributed by atoms with E-state index >= 15 is 0 Å². The third-order valence-electron chi connectivity index (χ3n) is 6.03. The molecule has 0 aliphatic heterocycles. The van der Waals surface area contributed by atoms with E-state index in [2.05, 4.69) is 10.3 Å². The van der Waals surface area contributed by atoms with Crippen molar-refractivity contribution in [1.29, 1.82) is 0 Å². The van der Waals surface area contributed by atoms with Crippen molar-refractivity contribution in [3.63, 3.8) is 0 Å². The lowest BCUT2D eigenvalue weighted by atomic mass is 9.93. The molecule has 0 saturated heterocycles. The largest absolute Gasteiger partial charge is 0.465 e. The van der Waals surface area contributed by atoms with Gasteiger partial charge in [-0.2, -0.15) is 8.78 Å². The maximum Gasteiger partial charge on any atom is 0.338 e. The summed E-state index contributed by atoms with van der Waals surface area (Å²) in [4.78, 5) is 29.4. The minimum atomic E-state index is -3.09. The third-order valence-corrected chi connectivity index (χ3v) is 6.03. The molecule has 1 aliphatic rings. The molecule has 1 saturated carbocycles. The van der Waals surface area contributed by atoms with Crippen LogP contribution in [-0.2, 0) is 20.9 Å². The Morgan fingerprint density at radius 2 is 1.82 bits per heavy atom. The molecule has 1 fully saturated rings. The Kier molecular flexibility index (Phi) is 5.93. The number of carbonyl (C=O) groups excluding carboxylic acids is 2. The van der Waals surface area contributed by atoms with Gasteiger partial charge in [-0.15, -0.1) is 0 Å². The summed E-state index contributed by atoms with van der Waals surface area (Å²) in [6, 6.07) is 12.1. The summed E-state index contributed by atoms with van der Waals surface area (Å²) in [6.07, 6.45) is 2.29. The SMILES string of the molecule is COC(=O)c1cc(NC(=O)C2(c3ccc(C)cc3F)CC2)ccc1-c1ccc(C(C)(F)F)nc1. The molecule has 2 aromatic carbocycles. The number of hydrogen-bond donors (Lipinski definition) is 1. The molecule has 5 nitrogen and oxygen atoms in total. The van der Waals surface area contributed by atoms with Crippen LogP contribution in [0.25, 0.3) is 11.1 Å². The third kappa shape index (κ3) is 4.40. The van der Waals surface area contributed by atoms with Crippen molar-refractivity contribution < 1.29 is 27.5 Å². The van der Waals surface area contributed by atoms with Crippen LogP contribution in [0.15, 0.2) is 54.7 Å². The van der Waals surface area contributed by atoms with Crippen LogP contribution in [0.2, 0.25) is 0 Å². The van der Waals surface area contributed by atoms with E-state index in [0.29, 0.717) is 35.2 Å². The normalized spacial score (nSPS) is 14.4. The van der Waals surface area contributed by atoms with Crippen molar-refractivity contribution in [2.45, 2.75) is 38.0 Å². The van der Waals surface area contributed by atoms with E-state index in [1.807, 2.05) is 0 Å². The molecule has 0 atom stereocenters. The van der Waals surface area contributed by atoms with Gasteiger partial charge in [-0.25, -0.2) is 9.18 Å². The van der Waals surface area contributed by atoms with Gasteiger partial charge in [0, 0.05) is 29.9 Å². The summed E-state index contributed by atoms with van der Waals surface area (Å²) in [6.45, 7) is 2.53. The molecule has 8 heteroatoms. The number of halogens is 3. The zero-order valence-corrected chi connectivity index (χ0v) is 18.9. The first-order valence-corrected chi connectivity index (χ1v) is 10.7. The van der Waals surface area contributed by atoms with Gasteiger partial charge >= 0.3 is 5.97 Å². The molecule has 1 amide bonds. The molecule has 1 aromatic heterocycles. The molecule has 1 N–H and O–H groups in total. The fraction of sp³-hybridized carbons (Fsp3) is 0.269. The highest BCUT2D eigenvalue weighted by molar-refractivity contribution is 6.04. The Morgan fingerprint density at radius 1 is 1.09 bits per heavy atom. The highest BCUT2D eigenvalue weighted by Gasteiger charge is 2.52. The Balaban J connectivity index is 1.64. The average molecular weight is 468 g/mol. The number of rotatable bonds is 6. The van der Waals surface area contributed by atoms with Gasteiger partial charge in [0.2, 0.25) is 5.91 Å². The summed E-state index contributed by atoms with van der Waals surface area (Å²) < 4.78 is 46.4. The van der Waals surface area contributed by atoms with Crippen LogP contribution in [0, 0.1) is 12.7 Å². The number of aryl methyl sites for hydroxylation is 1. The summed E-state index contributed by atoms with van der Waals surface area (Å²) in [7, 11) is 1.22. The van der Waals surface area contributed by atoms with E-state index < -0.39 is 28.8 Å². The lowest BCUT2D eigenvalue weighted by Gasteiger charge is -2.18. The Labute approximate surface area is 195 Å². The highest BCUT2D eigenvalue weighted by atomic mass is 19.3. The fourth-order valence-electron chi connectivity index (χ4n) is 3.97. The molecule has 0 bridgehead atoms. The van der Waals surface area contributed by atoms with Gasteiger partial charge in [-0.1, -0.05) is 24.3 Å². The second kappa shape index (κ2) is 8.59. The number of anilines is 1. The molecular formula is C26H23F3N2O3. The second-order valence-electron chi connectivity index (χ2n) is 8.59. The van der Waals surface area contributed by atoms with E-state index in [0.717, 1.165) is 12.5 Å². The van der Waals surface area contributed by atoms with Crippen molar-refractivity contribution in [3.05, 3.63) is 82.9 Å². The monoisotopic (exact) mass is 468 g/mol. The molecule has 176 valence electrons. The average Bonchev–Trinajstić information content (AvgIpc) is 3.60. The number of hydrogen-bond acceptors (Lipinski definition) is 4. The van der Waals surface area contributed by atoms with Crippen LogP contribution in [0.1, 0.15) is 46.9 Å². The number of carbonyl (C=O) groups is 2. The van der Waals surface area contributed by atoms with Crippen molar-refractivity contribution in [3.8, 4) is 11.1 Å². The quantitative estimate of drug-likeness (QED) is 0.467. The summed E-state index contributed by atoms with van der Waals surface area (Å²) in [5.74, 6) is -4.54. The van der Waals surface area contributed by atoms with Gasteiger partial charge in [0.25, 0.3) is 5.92 Å². The van der Waals surface area contributed by atoms with Gasteiger partial charge in [-0.3, -0.25) is 9.78 Å².